The molecular formula is C11H15ClO. The molecule has 0 bridgehead atoms. The molecule has 0 N–H and O–H groups in total. The van der Waals surface area contributed by atoms with E-state index in [4.69, 9.17) is 16.3 Å². The van der Waals surface area contributed by atoms with Crippen molar-refractivity contribution >= 4 is 11.6 Å². The third kappa shape index (κ3) is 4.30. The molecule has 0 aliphatic heterocycles. The monoisotopic (exact) mass is 198 g/mol. The van der Waals surface area contributed by atoms with E-state index in [1.807, 2.05) is 25.1 Å². The van der Waals surface area contributed by atoms with E-state index in [1.165, 1.54) is 5.56 Å². The van der Waals surface area contributed by atoms with Crippen LogP contribution >= 0.6 is 11.6 Å². The van der Waals surface area contributed by atoms with Crippen LogP contribution in [0.5, 0.6) is 0 Å². The van der Waals surface area contributed by atoms with Crippen molar-refractivity contribution in [3.8, 4) is 0 Å². The summed E-state index contributed by atoms with van der Waals surface area (Å²) in [6, 6.07) is 10.2. The quantitative estimate of drug-likeness (QED) is 0.661. The summed E-state index contributed by atoms with van der Waals surface area (Å²) in [6.07, 6.45) is 1.16. The number of alkyl halides is 1. The molecule has 0 radical (unpaired) electrons. The molecule has 0 saturated heterocycles. The molecule has 1 rings (SSSR count). The first-order valence-corrected chi connectivity index (χ1v) is 5.08. The predicted octanol–water partition coefficient (Wildman–Crippen LogP) is 3.22. The second kappa shape index (κ2) is 6.01. The maximum atomic E-state index is 5.60. The third-order valence-corrected chi connectivity index (χ3v) is 2.11. The van der Waals surface area contributed by atoms with Crippen LogP contribution in [0.2, 0.25) is 0 Å². The van der Waals surface area contributed by atoms with Gasteiger partial charge in [-0.3, -0.25) is 0 Å². The fourth-order valence-electron chi connectivity index (χ4n) is 1.05. The van der Waals surface area contributed by atoms with Crippen molar-refractivity contribution in [3.05, 3.63) is 35.9 Å². The van der Waals surface area contributed by atoms with Crippen LogP contribution in [0.4, 0.5) is 0 Å². The first kappa shape index (κ1) is 10.6. The lowest BCUT2D eigenvalue weighted by Crippen LogP contribution is -2.08. The Hall–Kier alpha value is -0.530. The molecule has 1 unspecified atom stereocenters. The van der Waals surface area contributed by atoms with Gasteiger partial charge in [-0.05, 0) is 18.9 Å². The van der Waals surface area contributed by atoms with Gasteiger partial charge in [-0.2, -0.15) is 0 Å². The Morgan fingerprint density at radius 1 is 1.31 bits per heavy atom. The van der Waals surface area contributed by atoms with E-state index in [2.05, 4.69) is 12.1 Å². The fraction of sp³-hybridized carbons (Fsp3) is 0.455. The summed E-state index contributed by atoms with van der Waals surface area (Å²) in [7, 11) is 0. The van der Waals surface area contributed by atoms with Gasteiger partial charge < -0.3 is 4.74 Å². The maximum Gasteiger partial charge on any atom is 0.0720 e. The minimum Gasteiger partial charge on any atom is -0.374 e. The average molecular weight is 199 g/mol. The van der Waals surface area contributed by atoms with Crippen molar-refractivity contribution in [1.29, 1.82) is 0 Å². The zero-order valence-corrected chi connectivity index (χ0v) is 8.63. The highest BCUT2D eigenvalue weighted by Gasteiger charge is 2.00. The van der Waals surface area contributed by atoms with E-state index in [1.54, 1.807) is 0 Å². The molecule has 1 aromatic carbocycles. The smallest absolute Gasteiger partial charge is 0.0720 e. The molecule has 13 heavy (non-hydrogen) atoms. The zero-order valence-electron chi connectivity index (χ0n) is 7.87. The van der Waals surface area contributed by atoms with Gasteiger partial charge in [0, 0.05) is 5.88 Å². The maximum absolute atomic E-state index is 5.60. The van der Waals surface area contributed by atoms with Gasteiger partial charge in [0.25, 0.3) is 0 Å². The molecule has 0 aliphatic rings. The lowest BCUT2D eigenvalue weighted by molar-refractivity contribution is 0.0514. The van der Waals surface area contributed by atoms with Crippen molar-refractivity contribution in [2.45, 2.75) is 26.1 Å². The highest BCUT2D eigenvalue weighted by Crippen LogP contribution is 2.05. The topological polar surface area (TPSA) is 9.23 Å². The summed E-state index contributed by atoms with van der Waals surface area (Å²) in [5, 5.41) is 0. The normalized spacial score (nSPS) is 12.8. The van der Waals surface area contributed by atoms with Crippen molar-refractivity contribution in [1.82, 2.24) is 0 Å². The molecule has 1 nitrogen and oxygen atoms in total. The lowest BCUT2D eigenvalue weighted by Gasteiger charge is -2.10. The van der Waals surface area contributed by atoms with Gasteiger partial charge >= 0.3 is 0 Å². The van der Waals surface area contributed by atoms with E-state index in [0.29, 0.717) is 12.5 Å². The molecule has 0 amide bonds. The lowest BCUT2D eigenvalue weighted by atomic mass is 10.2. The Bertz CT molecular complexity index is 223. The van der Waals surface area contributed by atoms with Crippen LogP contribution in [0, 0.1) is 0 Å². The SMILES string of the molecule is CC(CCCl)OCc1ccccc1. The number of rotatable bonds is 5. The molecule has 2 heteroatoms. The van der Waals surface area contributed by atoms with Crippen molar-refractivity contribution < 1.29 is 4.74 Å². The first-order valence-electron chi connectivity index (χ1n) is 4.54. The summed E-state index contributed by atoms with van der Waals surface area (Å²) < 4.78 is 5.58. The van der Waals surface area contributed by atoms with Crippen LogP contribution in [0.1, 0.15) is 18.9 Å². The van der Waals surface area contributed by atoms with Crippen LogP contribution in [-0.4, -0.2) is 12.0 Å². The highest BCUT2D eigenvalue weighted by molar-refractivity contribution is 6.17. The molecule has 0 fully saturated rings. The molecule has 0 aliphatic carbocycles. The Morgan fingerprint density at radius 2 is 2.00 bits per heavy atom. The van der Waals surface area contributed by atoms with Gasteiger partial charge in [0.15, 0.2) is 0 Å². The third-order valence-electron chi connectivity index (χ3n) is 1.89. The second-order valence-electron chi connectivity index (χ2n) is 3.08. The average Bonchev–Trinajstić information content (AvgIpc) is 2.17. The standard InChI is InChI=1S/C11H15ClO/c1-10(7-8-12)13-9-11-5-3-2-4-6-11/h2-6,10H,7-9H2,1H3. The van der Waals surface area contributed by atoms with Crippen molar-refractivity contribution in [2.24, 2.45) is 0 Å². The Balaban J connectivity index is 2.27. The number of halogens is 1. The highest BCUT2D eigenvalue weighted by atomic mass is 35.5. The van der Waals surface area contributed by atoms with E-state index in [9.17, 15) is 0 Å². The molecule has 0 saturated carbocycles. The molecule has 1 atom stereocenters. The van der Waals surface area contributed by atoms with Crippen molar-refractivity contribution in [2.75, 3.05) is 5.88 Å². The summed E-state index contributed by atoms with van der Waals surface area (Å²) in [4.78, 5) is 0. The van der Waals surface area contributed by atoms with Gasteiger partial charge in [-0.25, -0.2) is 0 Å². The molecule has 0 spiro atoms. The van der Waals surface area contributed by atoms with E-state index >= 15 is 0 Å². The summed E-state index contributed by atoms with van der Waals surface area (Å²) in [5.41, 5.74) is 1.21. The zero-order chi connectivity index (χ0) is 9.52. The van der Waals surface area contributed by atoms with Crippen molar-refractivity contribution in [3.63, 3.8) is 0 Å². The largest absolute Gasteiger partial charge is 0.374 e. The van der Waals surface area contributed by atoms with Crippen LogP contribution in [0.3, 0.4) is 0 Å². The van der Waals surface area contributed by atoms with Gasteiger partial charge in [-0.1, -0.05) is 30.3 Å². The Labute approximate surface area is 84.7 Å². The summed E-state index contributed by atoms with van der Waals surface area (Å²) >= 11 is 5.60. The van der Waals surface area contributed by atoms with Crippen LogP contribution in [-0.2, 0) is 11.3 Å². The molecular weight excluding hydrogens is 184 g/mol. The molecule has 0 aromatic heterocycles. The van der Waals surface area contributed by atoms with Crippen LogP contribution < -0.4 is 0 Å². The van der Waals surface area contributed by atoms with Gasteiger partial charge in [0.2, 0.25) is 0 Å². The summed E-state index contributed by atoms with van der Waals surface area (Å²) in [5.74, 6) is 0.663. The molecule has 72 valence electrons. The fourth-order valence-corrected chi connectivity index (χ4v) is 1.36. The molecule has 1 aromatic rings. The predicted molar refractivity (Wildman–Crippen MR) is 56.0 cm³/mol. The van der Waals surface area contributed by atoms with E-state index in [-0.39, 0.29) is 6.10 Å². The van der Waals surface area contributed by atoms with Gasteiger partial charge in [0.1, 0.15) is 0 Å². The van der Waals surface area contributed by atoms with Crippen LogP contribution in [0.15, 0.2) is 30.3 Å². The number of hydrogen-bond donors (Lipinski definition) is 0. The second-order valence-corrected chi connectivity index (χ2v) is 3.46. The minimum absolute atomic E-state index is 0.248. The Morgan fingerprint density at radius 3 is 2.62 bits per heavy atom. The minimum atomic E-state index is 0.248. The number of ether oxygens (including phenoxy) is 1. The molecule has 0 heterocycles. The van der Waals surface area contributed by atoms with Gasteiger partial charge in [0.05, 0.1) is 12.7 Å². The van der Waals surface area contributed by atoms with E-state index < -0.39 is 0 Å². The van der Waals surface area contributed by atoms with Crippen LogP contribution in [0.25, 0.3) is 0 Å². The number of benzene rings is 1. The van der Waals surface area contributed by atoms with E-state index in [0.717, 1.165) is 6.42 Å². The first-order chi connectivity index (χ1) is 6.33. The van der Waals surface area contributed by atoms with Gasteiger partial charge in [-0.15, -0.1) is 11.6 Å². The number of hydrogen-bond acceptors (Lipinski definition) is 1. The summed E-state index contributed by atoms with van der Waals surface area (Å²) in [6.45, 7) is 2.73. The Kier molecular flexibility index (Phi) is 4.87.